The van der Waals surface area contributed by atoms with Gasteiger partial charge in [0.1, 0.15) is 5.75 Å². The zero-order chi connectivity index (χ0) is 17.6. The van der Waals surface area contributed by atoms with Crippen molar-refractivity contribution in [2.75, 3.05) is 6.61 Å². The van der Waals surface area contributed by atoms with E-state index >= 15 is 0 Å². The van der Waals surface area contributed by atoms with Crippen LogP contribution in [0.25, 0.3) is 11.1 Å². The molecule has 2 heterocycles. The summed E-state index contributed by atoms with van der Waals surface area (Å²) in [5, 5.41) is 7.59. The maximum absolute atomic E-state index is 11.9. The number of ether oxygens (including phenoxy) is 1. The SMILES string of the molecule is Cn1cc(-c2cncc(CNC(=O)COc3ccc(Cl)cc3)c2)cn1. The highest BCUT2D eigenvalue weighted by Crippen LogP contribution is 2.18. The van der Waals surface area contributed by atoms with E-state index in [1.165, 1.54) is 0 Å². The van der Waals surface area contributed by atoms with Gasteiger partial charge in [0.15, 0.2) is 6.61 Å². The lowest BCUT2D eigenvalue weighted by Gasteiger charge is -2.08. The van der Waals surface area contributed by atoms with E-state index in [1.54, 1.807) is 47.5 Å². The Labute approximate surface area is 150 Å². The summed E-state index contributed by atoms with van der Waals surface area (Å²) < 4.78 is 7.14. The van der Waals surface area contributed by atoms with Gasteiger partial charge in [-0.3, -0.25) is 14.5 Å². The minimum absolute atomic E-state index is 0.0582. The number of benzene rings is 1. The topological polar surface area (TPSA) is 69.0 Å². The molecule has 0 fully saturated rings. The highest BCUT2D eigenvalue weighted by atomic mass is 35.5. The normalized spacial score (nSPS) is 10.5. The zero-order valence-electron chi connectivity index (χ0n) is 13.6. The van der Waals surface area contributed by atoms with Crippen molar-refractivity contribution in [2.24, 2.45) is 7.05 Å². The first kappa shape index (κ1) is 17.0. The summed E-state index contributed by atoms with van der Waals surface area (Å²) in [6, 6.07) is 8.84. The average molecular weight is 357 g/mol. The molecular formula is C18H17ClN4O2. The molecule has 0 bridgehead atoms. The van der Waals surface area contributed by atoms with Crippen LogP contribution >= 0.6 is 11.6 Å². The van der Waals surface area contributed by atoms with Crippen molar-refractivity contribution in [1.29, 1.82) is 0 Å². The molecule has 2 aromatic heterocycles. The number of hydrogen-bond donors (Lipinski definition) is 1. The van der Waals surface area contributed by atoms with Gasteiger partial charge in [-0.25, -0.2) is 0 Å². The molecule has 7 heteroatoms. The number of aromatic nitrogens is 3. The first-order valence-corrected chi connectivity index (χ1v) is 8.06. The van der Waals surface area contributed by atoms with Crippen molar-refractivity contribution in [1.82, 2.24) is 20.1 Å². The van der Waals surface area contributed by atoms with Crippen molar-refractivity contribution in [3.8, 4) is 16.9 Å². The van der Waals surface area contributed by atoms with Gasteiger partial charge in [0.25, 0.3) is 5.91 Å². The molecule has 0 radical (unpaired) electrons. The van der Waals surface area contributed by atoms with Crippen LogP contribution in [0.2, 0.25) is 5.02 Å². The number of rotatable bonds is 6. The van der Waals surface area contributed by atoms with Crippen LogP contribution in [0, 0.1) is 0 Å². The maximum atomic E-state index is 11.9. The Kier molecular flexibility index (Phi) is 5.30. The van der Waals surface area contributed by atoms with Crippen LogP contribution in [0.4, 0.5) is 0 Å². The van der Waals surface area contributed by atoms with Gasteiger partial charge >= 0.3 is 0 Å². The third kappa shape index (κ3) is 4.81. The lowest BCUT2D eigenvalue weighted by molar-refractivity contribution is -0.123. The number of nitrogens with one attached hydrogen (secondary N) is 1. The highest BCUT2D eigenvalue weighted by Gasteiger charge is 2.06. The molecule has 0 atom stereocenters. The molecule has 0 aliphatic rings. The van der Waals surface area contributed by atoms with Gasteiger partial charge in [0.2, 0.25) is 0 Å². The van der Waals surface area contributed by atoms with E-state index in [4.69, 9.17) is 16.3 Å². The molecule has 0 aliphatic heterocycles. The molecule has 3 aromatic rings. The zero-order valence-corrected chi connectivity index (χ0v) is 14.4. The second kappa shape index (κ2) is 7.81. The Hall–Kier alpha value is -2.86. The van der Waals surface area contributed by atoms with Crippen molar-refractivity contribution in [2.45, 2.75) is 6.54 Å². The van der Waals surface area contributed by atoms with Gasteiger partial charge in [-0.15, -0.1) is 0 Å². The Morgan fingerprint density at radius 3 is 2.72 bits per heavy atom. The molecule has 0 unspecified atom stereocenters. The molecule has 128 valence electrons. The van der Waals surface area contributed by atoms with E-state index in [2.05, 4.69) is 15.4 Å². The molecule has 3 rings (SSSR count). The van der Waals surface area contributed by atoms with E-state index in [0.717, 1.165) is 16.7 Å². The second-order valence-corrected chi connectivity index (χ2v) is 5.94. The Morgan fingerprint density at radius 1 is 1.20 bits per heavy atom. The van der Waals surface area contributed by atoms with Crippen LogP contribution in [-0.4, -0.2) is 27.3 Å². The molecule has 0 saturated carbocycles. The first-order chi connectivity index (χ1) is 12.1. The predicted molar refractivity (Wildman–Crippen MR) is 95.2 cm³/mol. The largest absolute Gasteiger partial charge is 0.484 e. The first-order valence-electron chi connectivity index (χ1n) is 7.68. The molecule has 1 N–H and O–H groups in total. The highest BCUT2D eigenvalue weighted by molar-refractivity contribution is 6.30. The van der Waals surface area contributed by atoms with Gasteiger partial charge in [-0.1, -0.05) is 11.6 Å². The quantitative estimate of drug-likeness (QED) is 0.737. The van der Waals surface area contributed by atoms with E-state index in [1.807, 2.05) is 19.3 Å². The third-order valence-electron chi connectivity index (χ3n) is 3.51. The number of carbonyl (C=O) groups excluding carboxylic acids is 1. The molecule has 0 saturated heterocycles. The van der Waals surface area contributed by atoms with E-state index in [-0.39, 0.29) is 12.5 Å². The minimum Gasteiger partial charge on any atom is -0.484 e. The summed E-state index contributed by atoms with van der Waals surface area (Å²) in [5.74, 6) is 0.390. The molecule has 25 heavy (non-hydrogen) atoms. The second-order valence-electron chi connectivity index (χ2n) is 5.50. The summed E-state index contributed by atoms with van der Waals surface area (Å²) in [6.45, 7) is 0.321. The Balaban J connectivity index is 1.52. The van der Waals surface area contributed by atoms with Crippen LogP contribution in [-0.2, 0) is 18.4 Å². The van der Waals surface area contributed by atoms with Gasteiger partial charge in [0, 0.05) is 48.3 Å². The smallest absolute Gasteiger partial charge is 0.258 e. The van der Waals surface area contributed by atoms with Crippen LogP contribution in [0.3, 0.4) is 0 Å². The van der Waals surface area contributed by atoms with Gasteiger partial charge in [-0.2, -0.15) is 5.10 Å². The summed E-state index contributed by atoms with van der Waals surface area (Å²) >= 11 is 5.80. The average Bonchev–Trinajstić information content (AvgIpc) is 3.06. The summed E-state index contributed by atoms with van der Waals surface area (Å²) in [4.78, 5) is 16.1. The maximum Gasteiger partial charge on any atom is 0.258 e. The van der Waals surface area contributed by atoms with Gasteiger partial charge < -0.3 is 10.1 Å². The third-order valence-corrected chi connectivity index (χ3v) is 3.76. The lowest BCUT2D eigenvalue weighted by Crippen LogP contribution is -2.28. The summed E-state index contributed by atoms with van der Waals surface area (Å²) in [7, 11) is 1.86. The number of hydrogen-bond acceptors (Lipinski definition) is 4. The van der Waals surface area contributed by atoms with Gasteiger partial charge in [-0.05, 0) is 35.9 Å². The fourth-order valence-electron chi connectivity index (χ4n) is 2.24. The number of pyridine rings is 1. The lowest BCUT2D eigenvalue weighted by atomic mass is 10.1. The fourth-order valence-corrected chi connectivity index (χ4v) is 2.37. The summed E-state index contributed by atoms with van der Waals surface area (Å²) in [6.07, 6.45) is 7.19. The molecule has 1 aromatic carbocycles. The molecular weight excluding hydrogens is 340 g/mol. The van der Waals surface area contributed by atoms with Crippen LogP contribution in [0.5, 0.6) is 5.75 Å². The molecule has 6 nitrogen and oxygen atoms in total. The molecule has 0 aliphatic carbocycles. The van der Waals surface area contributed by atoms with Crippen LogP contribution in [0.1, 0.15) is 5.56 Å². The van der Waals surface area contributed by atoms with Crippen molar-refractivity contribution >= 4 is 17.5 Å². The number of halogens is 1. The van der Waals surface area contributed by atoms with Crippen molar-refractivity contribution in [3.05, 3.63) is 65.7 Å². The van der Waals surface area contributed by atoms with E-state index < -0.39 is 0 Å². The van der Waals surface area contributed by atoms with Crippen molar-refractivity contribution < 1.29 is 9.53 Å². The van der Waals surface area contributed by atoms with Crippen LogP contribution in [0.15, 0.2) is 55.1 Å². The van der Waals surface area contributed by atoms with Gasteiger partial charge in [0.05, 0.1) is 6.20 Å². The van der Waals surface area contributed by atoms with Crippen LogP contribution < -0.4 is 10.1 Å². The monoisotopic (exact) mass is 356 g/mol. The predicted octanol–water partition coefficient (Wildman–Crippen LogP) is 2.83. The Bertz CT molecular complexity index is 862. The summed E-state index contributed by atoms with van der Waals surface area (Å²) in [5.41, 5.74) is 2.84. The van der Waals surface area contributed by atoms with E-state index in [0.29, 0.717) is 17.3 Å². The molecule has 1 amide bonds. The number of aryl methyl sites for hydroxylation is 1. The fraction of sp³-hybridized carbons (Fsp3) is 0.167. The molecule has 0 spiro atoms. The number of nitrogens with zero attached hydrogens (tertiary/aromatic N) is 3. The number of amides is 1. The Morgan fingerprint density at radius 2 is 2.00 bits per heavy atom. The van der Waals surface area contributed by atoms with Crippen molar-refractivity contribution in [3.63, 3.8) is 0 Å². The van der Waals surface area contributed by atoms with E-state index in [9.17, 15) is 4.79 Å². The minimum atomic E-state index is -0.207. The standard InChI is InChI=1S/C18H17ClN4O2/c1-23-11-15(10-22-23)14-6-13(7-20-9-14)8-21-18(24)12-25-17-4-2-16(19)3-5-17/h2-7,9-11H,8,12H2,1H3,(H,21,24). The number of carbonyl (C=O) groups is 1.